The Hall–Kier alpha value is -2.53. The van der Waals surface area contributed by atoms with Crippen LogP contribution in [0.3, 0.4) is 0 Å². The summed E-state index contributed by atoms with van der Waals surface area (Å²) < 4.78 is 5.48. The van der Waals surface area contributed by atoms with Crippen molar-refractivity contribution >= 4 is 11.6 Å². The molecule has 1 aliphatic rings. The first-order valence-corrected chi connectivity index (χ1v) is 10.6. The van der Waals surface area contributed by atoms with Crippen molar-refractivity contribution in [3.63, 3.8) is 0 Å². The van der Waals surface area contributed by atoms with Gasteiger partial charge in [0, 0.05) is 19.3 Å². The third kappa shape index (κ3) is 5.51. The molecule has 0 atom stereocenters. The van der Waals surface area contributed by atoms with Gasteiger partial charge in [0.1, 0.15) is 5.75 Å². The van der Waals surface area contributed by atoms with Gasteiger partial charge in [-0.3, -0.25) is 4.79 Å². The molecule has 2 aromatic carbocycles. The Morgan fingerprint density at radius 1 is 1.10 bits per heavy atom. The van der Waals surface area contributed by atoms with Crippen molar-refractivity contribution in [3.05, 3.63) is 59.2 Å². The van der Waals surface area contributed by atoms with Crippen LogP contribution in [0.1, 0.15) is 23.6 Å². The summed E-state index contributed by atoms with van der Waals surface area (Å²) in [4.78, 5) is 18.4. The Morgan fingerprint density at radius 3 is 2.45 bits per heavy atom. The summed E-state index contributed by atoms with van der Waals surface area (Å²) >= 11 is 0. The van der Waals surface area contributed by atoms with Crippen molar-refractivity contribution in [1.29, 1.82) is 0 Å². The number of hydrogen-bond donors (Lipinski definition) is 1. The molecule has 0 unspecified atom stereocenters. The van der Waals surface area contributed by atoms with Gasteiger partial charge < -0.3 is 19.4 Å². The highest BCUT2D eigenvalue weighted by atomic mass is 16.5. The predicted octanol–water partition coefficient (Wildman–Crippen LogP) is 2.07. The van der Waals surface area contributed by atoms with Crippen LogP contribution >= 0.6 is 0 Å². The molecule has 1 saturated heterocycles. The third-order valence-electron chi connectivity index (χ3n) is 5.87. The Bertz CT molecular complexity index is 811. The lowest BCUT2D eigenvalue weighted by atomic mass is 10.1. The van der Waals surface area contributed by atoms with Gasteiger partial charge in [0.05, 0.1) is 32.8 Å². The zero-order chi connectivity index (χ0) is 20.8. The third-order valence-corrected chi connectivity index (χ3v) is 5.87. The molecule has 1 fully saturated rings. The summed E-state index contributed by atoms with van der Waals surface area (Å²) in [6, 6.07) is 14.5. The smallest absolute Gasteiger partial charge is 0.277 e. The molecule has 1 aliphatic heterocycles. The molecule has 0 spiro atoms. The molecule has 1 heterocycles. The van der Waals surface area contributed by atoms with E-state index in [0.29, 0.717) is 19.7 Å². The van der Waals surface area contributed by atoms with Crippen molar-refractivity contribution < 1.29 is 14.4 Å². The van der Waals surface area contributed by atoms with Crippen LogP contribution in [0.2, 0.25) is 0 Å². The second kappa shape index (κ2) is 9.79. The van der Waals surface area contributed by atoms with Gasteiger partial charge in [0.2, 0.25) is 0 Å². The SMILES string of the molecule is CCOc1ccc(CN(C)C(=O)C[NH+]2CCN(c3cccc(C)c3C)CC2)cc1. The number of carbonyl (C=O) groups is 1. The molecule has 29 heavy (non-hydrogen) atoms. The number of anilines is 1. The lowest BCUT2D eigenvalue weighted by molar-refractivity contribution is -0.892. The minimum absolute atomic E-state index is 0.203. The Labute approximate surface area is 174 Å². The first-order chi connectivity index (χ1) is 14.0. The highest BCUT2D eigenvalue weighted by Gasteiger charge is 2.24. The summed E-state index contributed by atoms with van der Waals surface area (Å²) in [5, 5.41) is 0. The van der Waals surface area contributed by atoms with E-state index in [1.54, 1.807) is 0 Å². The van der Waals surface area contributed by atoms with Gasteiger partial charge in [-0.05, 0) is 55.7 Å². The summed E-state index contributed by atoms with van der Waals surface area (Å²) in [7, 11) is 1.89. The summed E-state index contributed by atoms with van der Waals surface area (Å²) in [6.07, 6.45) is 0. The van der Waals surface area contributed by atoms with Crippen molar-refractivity contribution in [2.45, 2.75) is 27.3 Å². The van der Waals surface area contributed by atoms with E-state index >= 15 is 0 Å². The molecular weight excluding hydrogens is 362 g/mol. The molecule has 5 nitrogen and oxygen atoms in total. The predicted molar refractivity (Wildman–Crippen MR) is 118 cm³/mol. The van der Waals surface area contributed by atoms with E-state index in [4.69, 9.17) is 4.74 Å². The van der Waals surface area contributed by atoms with E-state index in [0.717, 1.165) is 37.5 Å². The van der Waals surface area contributed by atoms with E-state index in [2.05, 4.69) is 36.9 Å². The van der Waals surface area contributed by atoms with E-state index in [1.165, 1.54) is 21.7 Å². The fourth-order valence-corrected chi connectivity index (χ4v) is 3.89. The number of nitrogens with zero attached hydrogens (tertiary/aromatic N) is 2. The van der Waals surface area contributed by atoms with Crippen molar-refractivity contribution in [2.24, 2.45) is 0 Å². The maximum atomic E-state index is 12.7. The molecule has 1 amide bonds. The molecule has 0 aromatic heterocycles. The van der Waals surface area contributed by atoms with Crippen LogP contribution in [0.4, 0.5) is 5.69 Å². The fraction of sp³-hybridized carbons (Fsp3) is 0.458. The number of ether oxygens (including phenoxy) is 1. The van der Waals surface area contributed by atoms with Gasteiger partial charge in [0.15, 0.2) is 6.54 Å². The second-order valence-electron chi connectivity index (χ2n) is 7.96. The summed E-state index contributed by atoms with van der Waals surface area (Å²) in [5.41, 5.74) is 5.16. The van der Waals surface area contributed by atoms with E-state index in [-0.39, 0.29) is 5.91 Å². The number of nitrogens with one attached hydrogen (secondary N) is 1. The first kappa shape index (κ1) is 21.2. The van der Waals surface area contributed by atoms with Gasteiger partial charge >= 0.3 is 0 Å². The lowest BCUT2D eigenvalue weighted by Crippen LogP contribution is -3.15. The normalized spacial score (nSPS) is 14.7. The Balaban J connectivity index is 1.48. The summed E-state index contributed by atoms with van der Waals surface area (Å²) in [5.74, 6) is 1.07. The van der Waals surface area contributed by atoms with Crippen molar-refractivity contribution in [2.75, 3.05) is 51.3 Å². The standard InChI is InChI=1S/C24H33N3O2/c1-5-29-22-11-9-21(10-12-22)17-25(4)24(28)18-26-13-15-27(16-14-26)23-8-6-7-19(2)20(23)3/h6-12H,5,13-18H2,1-4H3/p+1. The zero-order valence-electron chi connectivity index (χ0n) is 18.2. The first-order valence-electron chi connectivity index (χ1n) is 10.6. The quantitative estimate of drug-likeness (QED) is 0.779. The van der Waals surface area contributed by atoms with E-state index < -0.39 is 0 Å². The average Bonchev–Trinajstić information content (AvgIpc) is 2.72. The Morgan fingerprint density at radius 2 is 1.79 bits per heavy atom. The molecule has 3 rings (SSSR count). The highest BCUT2D eigenvalue weighted by Crippen LogP contribution is 2.22. The van der Waals surface area contributed by atoms with Crippen LogP contribution in [0.5, 0.6) is 5.75 Å². The average molecular weight is 397 g/mol. The maximum Gasteiger partial charge on any atom is 0.277 e. The number of rotatable bonds is 7. The number of aryl methyl sites for hydroxylation is 1. The summed E-state index contributed by atoms with van der Waals surface area (Å²) in [6.45, 7) is 12.2. The molecule has 0 saturated carbocycles. The maximum absolute atomic E-state index is 12.7. The molecule has 0 bridgehead atoms. The highest BCUT2D eigenvalue weighted by molar-refractivity contribution is 5.76. The van der Waals surface area contributed by atoms with Crippen LogP contribution < -0.4 is 14.5 Å². The topological polar surface area (TPSA) is 37.2 Å². The number of hydrogen-bond acceptors (Lipinski definition) is 3. The molecule has 1 N–H and O–H groups in total. The van der Waals surface area contributed by atoms with Crippen LogP contribution in [0.15, 0.2) is 42.5 Å². The number of likely N-dealkylation sites (N-methyl/N-ethyl adjacent to an activating group) is 1. The number of quaternary nitrogens is 1. The number of carbonyl (C=O) groups excluding carboxylic acids is 1. The number of piperazine rings is 1. The largest absolute Gasteiger partial charge is 0.494 e. The molecule has 0 aliphatic carbocycles. The molecular formula is C24H34N3O2+. The van der Waals surface area contributed by atoms with Gasteiger partial charge in [-0.25, -0.2) is 0 Å². The van der Waals surface area contributed by atoms with E-state index in [1.807, 2.05) is 43.1 Å². The molecule has 2 aromatic rings. The monoisotopic (exact) mass is 396 g/mol. The van der Waals surface area contributed by atoms with Crippen LogP contribution in [0.25, 0.3) is 0 Å². The van der Waals surface area contributed by atoms with Gasteiger partial charge in [0.25, 0.3) is 5.91 Å². The number of benzene rings is 2. The molecule has 5 heteroatoms. The fourth-order valence-electron chi connectivity index (χ4n) is 3.89. The van der Waals surface area contributed by atoms with Crippen molar-refractivity contribution in [1.82, 2.24) is 4.90 Å². The van der Waals surface area contributed by atoms with Crippen LogP contribution in [0, 0.1) is 13.8 Å². The van der Waals surface area contributed by atoms with Gasteiger partial charge in [-0.2, -0.15) is 0 Å². The zero-order valence-corrected chi connectivity index (χ0v) is 18.2. The molecule has 156 valence electrons. The minimum atomic E-state index is 0.203. The van der Waals surface area contributed by atoms with Crippen molar-refractivity contribution in [3.8, 4) is 5.75 Å². The Kier molecular flexibility index (Phi) is 7.15. The minimum Gasteiger partial charge on any atom is -0.494 e. The molecule has 0 radical (unpaired) electrons. The van der Waals surface area contributed by atoms with Crippen LogP contribution in [-0.2, 0) is 11.3 Å². The lowest BCUT2D eigenvalue weighted by Gasteiger charge is -2.35. The van der Waals surface area contributed by atoms with Crippen LogP contribution in [-0.4, -0.2) is 57.2 Å². The van der Waals surface area contributed by atoms with E-state index in [9.17, 15) is 4.79 Å². The van der Waals surface area contributed by atoms with Gasteiger partial charge in [-0.15, -0.1) is 0 Å². The number of amides is 1. The van der Waals surface area contributed by atoms with Gasteiger partial charge in [-0.1, -0.05) is 24.3 Å². The second-order valence-corrected chi connectivity index (χ2v) is 7.96.